The maximum atomic E-state index is 3.74. The molecule has 2 atom stereocenters. The summed E-state index contributed by atoms with van der Waals surface area (Å²) in [6.07, 6.45) is 1.26. The Morgan fingerprint density at radius 3 is 2.05 bits per heavy atom. The average molecular weight is 268 g/mol. The lowest BCUT2D eigenvalue weighted by atomic mass is 9.84. The molecule has 0 bridgehead atoms. The molecular formula is C17H36N2. The van der Waals surface area contributed by atoms with E-state index in [1.165, 1.54) is 26.1 Å². The third kappa shape index (κ3) is 4.75. The van der Waals surface area contributed by atoms with E-state index in [0.717, 1.165) is 29.7 Å². The first-order valence-electron chi connectivity index (χ1n) is 8.34. The fourth-order valence-corrected chi connectivity index (χ4v) is 3.42. The van der Waals surface area contributed by atoms with Crippen molar-refractivity contribution in [3.8, 4) is 0 Å². The number of piperazine rings is 1. The van der Waals surface area contributed by atoms with Crippen LogP contribution in [0.1, 0.15) is 54.9 Å². The Balaban J connectivity index is 2.69. The molecule has 0 aromatic heterocycles. The van der Waals surface area contributed by atoms with Gasteiger partial charge in [0.25, 0.3) is 0 Å². The molecule has 0 spiro atoms. The fourth-order valence-electron chi connectivity index (χ4n) is 3.42. The van der Waals surface area contributed by atoms with Crippen LogP contribution in [0, 0.1) is 23.7 Å². The predicted molar refractivity (Wildman–Crippen MR) is 85.4 cm³/mol. The summed E-state index contributed by atoms with van der Waals surface area (Å²) >= 11 is 0. The van der Waals surface area contributed by atoms with Gasteiger partial charge in [-0.15, -0.1) is 0 Å². The molecule has 1 N–H and O–H groups in total. The summed E-state index contributed by atoms with van der Waals surface area (Å²) < 4.78 is 0. The van der Waals surface area contributed by atoms with Crippen LogP contribution in [-0.4, -0.2) is 36.6 Å². The lowest BCUT2D eigenvalue weighted by Gasteiger charge is -2.44. The van der Waals surface area contributed by atoms with Gasteiger partial charge in [0.15, 0.2) is 0 Å². The van der Waals surface area contributed by atoms with Crippen LogP contribution in [-0.2, 0) is 0 Å². The van der Waals surface area contributed by atoms with Crippen LogP contribution in [0.15, 0.2) is 0 Å². The van der Waals surface area contributed by atoms with Crippen LogP contribution >= 0.6 is 0 Å². The molecule has 0 aliphatic carbocycles. The molecule has 2 heteroatoms. The van der Waals surface area contributed by atoms with Gasteiger partial charge in [-0.2, -0.15) is 0 Å². The molecule has 2 unspecified atom stereocenters. The quantitative estimate of drug-likeness (QED) is 0.791. The molecule has 1 fully saturated rings. The highest BCUT2D eigenvalue weighted by Crippen LogP contribution is 2.25. The van der Waals surface area contributed by atoms with E-state index in [9.17, 15) is 0 Å². The van der Waals surface area contributed by atoms with Crippen molar-refractivity contribution in [3.63, 3.8) is 0 Å². The van der Waals surface area contributed by atoms with Gasteiger partial charge in [0, 0.05) is 31.7 Å². The summed E-state index contributed by atoms with van der Waals surface area (Å²) in [5, 5.41) is 3.74. The monoisotopic (exact) mass is 268 g/mol. The van der Waals surface area contributed by atoms with E-state index in [2.05, 4.69) is 58.7 Å². The molecule has 19 heavy (non-hydrogen) atoms. The van der Waals surface area contributed by atoms with Gasteiger partial charge in [-0.3, -0.25) is 4.90 Å². The number of rotatable bonds is 6. The summed E-state index contributed by atoms with van der Waals surface area (Å²) in [5.41, 5.74) is 0. The first-order valence-corrected chi connectivity index (χ1v) is 8.34. The van der Waals surface area contributed by atoms with Gasteiger partial charge < -0.3 is 5.32 Å². The standard InChI is InChI=1S/C17H36N2/c1-8-15-9-18-17(14(6)7)11-19(15)10-16(12(2)3)13(4)5/h12-18H,8-11H2,1-7H3. The van der Waals surface area contributed by atoms with Gasteiger partial charge in [-0.25, -0.2) is 0 Å². The number of nitrogens with one attached hydrogen (secondary N) is 1. The summed E-state index contributed by atoms with van der Waals surface area (Å²) in [5.74, 6) is 3.12. The molecule has 1 rings (SSSR count). The second-order valence-electron chi connectivity index (χ2n) is 7.43. The molecule has 0 aromatic rings. The summed E-state index contributed by atoms with van der Waals surface area (Å²) in [7, 11) is 0. The molecule has 0 aromatic carbocycles. The van der Waals surface area contributed by atoms with E-state index in [1.54, 1.807) is 0 Å². The Morgan fingerprint density at radius 1 is 1.05 bits per heavy atom. The topological polar surface area (TPSA) is 15.3 Å². The SMILES string of the molecule is CCC1CNC(C(C)C)CN1CC(C(C)C)C(C)C. The number of hydrogen-bond donors (Lipinski definition) is 1. The zero-order chi connectivity index (χ0) is 14.6. The van der Waals surface area contributed by atoms with Crippen LogP contribution in [0.4, 0.5) is 0 Å². The van der Waals surface area contributed by atoms with Crippen LogP contribution in [0.3, 0.4) is 0 Å². The molecule has 114 valence electrons. The zero-order valence-electron chi connectivity index (χ0n) is 14.2. The highest BCUT2D eigenvalue weighted by atomic mass is 15.2. The highest BCUT2D eigenvalue weighted by molar-refractivity contribution is 4.88. The highest BCUT2D eigenvalue weighted by Gasteiger charge is 2.31. The Bertz CT molecular complexity index is 240. The summed E-state index contributed by atoms with van der Waals surface area (Å²) in [6, 6.07) is 1.40. The Hall–Kier alpha value is -0.0800. The van der Waals surface area contributed by atoms with E-state index >= 15 is 0 Å². The van der Waals surface area contributed by atoms with Gasteiger partial charge in [-0.05, 0) is 30.1 Å². The van der Waals surface area contributed by atoms with Gasteiger partial charge in [0.2, 0.25) is 0 Å². The molecule has 1 heterocycles. The molecule has 2 nitrogen and oxygen atoms in total. The van der Waals surface area contributed by atoms with Gasteiger partial charge in [0.05, 0.1) is 0 Å². The molecule has 0 saturated carbocycles. The summed E-state index contributed by atoms with van der Waals surface area (Å²) in [6.45, 7) is 20.2. The normalized spacial score (nSPS) is 26.1. The maximum absolute atomic E-state index is 3.74. The third-order valence-electron chi connectivity index (χ3n) is 5.00. The van der Waals surface area contributed by atoms with Crippen LogP contribution in [0.2, 0.25) is 0 Å². The van der Waals surface area contributed by atoms with E-state index < -0.39 is 0 Å². The van der Waals surface area contributed by atoms with Crippen molar-refractivity contribution in [2.24, 2.45) is 23.7 Å². The lowest BCUT2D eigenvalue weighted by molar-refractivity contribution is 0.0711. The largest absolute Gasteiger partial charge is 0.311 e. The average Bonchev–Trinajstić information content (AvgIpc) is 2.34. The van der Waals surface area contributed by atoms with Crippen molar-refractivity contribution in [3.05, 3.63) is 0 Å². The smallest absolute Gasteiger partial charge is 0.0218 e. The number of nitrogens with zero attached hydrogens (tertiary/aromatic N) is 1. The zero-order valence-corrected chi connectivity index (χ0v) is 14.2. The Kier molecular flexibility index (Phi) is 6.82. The minimum Gasteiger partial charge on any atom is -0.311 e. The first kappa shape index (κ1) is 17.0. The van der Waals surface area contributed by atoms with E-state index in [-0.39, 0.29) is 0 Å². The van der Waals surface area contributed by atoms with Crippen molar-refractivity contribution in [2.45, 2.75) is 67.0 Å². The molecule has 1 saturated heterocycles. The van der Waals surface area contributed by atoms with E-state index in [1.807, 2.05) is 0 Å². The van der Waals surface area contributed by atoms with Crippen molar-refractivity contribution in [1.82, 2.24) is 10.2 Å². The predicted octanol–water partition coefficient (Wildman–Crippen LogP) is 3.62. The molecule has 0 amide bonds. The van der Waals surface area contributed by atoms with Gasteiger partial charge in [-0.1, -0.05) is 48.5 Å². The maximum Gasteiger partial charge on any atom is 0.0218 e. The molecule has 0 radical (unpaired) electrons. The number of hydrogen-bond acceptors (Lipinski definition) is 2. The van der Waals surface area contributed by atoms with Gasteiger partial charge in [0.1, 0.15) is 0 Å². The third-order valence-corrected chi connectivity index (χ3v) is 5.00. The summed E-state index contributed by atoms with van der Waals surface area (Å²) in [4.78, 5) is 2.77. The van der Waals surface area contributed by atoms with Gasteiger partial charge >= 0.3 is 0 Å². The fraction of sp³-hybridized carbons (Fsp3) is 1.00. The second kappa shape index (κ2) is 7.64. The van der Waals surface area contributed by atoms with Crippen LogP contribution < -0.4 is 5.32 Å². The minimum absolute atomic E-state index is 0.669. The molecular weight excluding hydrogens is 232 g/mol. The van der Waals surface area contributed by atoms with E-state index in [4.69, 9.17) is 0 Å². The van der Waals surface area contributed by atoms with Crippen molar-refractivity contribution >= 4 is 0 Å². The lowest BCUT2D eigenvalue weighted by Crippen LogP contribution is -2.59. The molecule has 1 aliphatic rings. The van der Waals surface area contributed by atoms with Crippen LogP contribution in [0.25, 0.3) is 0 Å². The minimum atomic E-state index is 0.669. The Labute approximate surface area is 121 Å². The first-order chi connectivity index (χ1) is 8.86. The van der Waals surface area contributed by atoms with Crippen LogP contribution in [0.5, 0.6) is 0 Å². The van der Waals surface area contributed by atoms with Crippen molar-refractivity contribution < 1.29 is 0 Å². The van der Waals surface area contributed by atoms with Crippen molar-refractivity contribution in [2.75, 3.05) is 19.6 Å². The Morgan fingerprint density at radius 2 is 1.63 bits per heavy atom. The molecule has 1 aliphatic heterocycles. The second-order valence-corrected chi connectivity index (χ2v) is 7.43. The van der Waals surface area contributed by atoms with E-state index in [0.29, 0.717) is 6.04 Å². The van der Waals surface area contributed by atoms with Crippen molar-refractivity contribution in [1.29, 1.82) is 0 Å².